The smallest absolute Gasteiger partial charge is 0.201 e. The maximum Gasteiger partial charge on any atom is 0.201 e. The average Bonchev–Trinajstić information content (AvgIpc) is 2.60. The largest absolute Gasteiger partial charge is 0.385 e. The van der Waals surface area contributed by atoms with Crippen LogP contribution in [-0.2, 0) is 11.3 Å². The summed E-state index contributed by atoms with van der Waals surface area (Å²) < 4.78 is 8.11. The summed E-state index contributed by atoms with van der Waals surface area (Å²) in [6, 6.07) is 6.03. The van der Waals surface area contributed by atoms with Gasteiger partial charge in [-0.2, -0.15) is 0 Å². The van der Waals surface area contributed by atoms with E-state index >= 15 is 0 Å². The topological polar surface area (TPSA) is 53.1 Å². The van der Waals surface area contributed by atoms with E-state index in [2.05, 4.69) is 25.5 Å². The monoisotopic (exact) mass is 297 g/mol. The molecule has 1 aromatic heterocycles. The van der Waals surface area contributed by atoms with E-state index in [1.165, 1.54) is 0 Å². The lowest BCUT2D eigenvalue weighted by Gasteiger charge is -2.06. The van der Waals surface area contributed by atoms with Gasteiger partial charge in [0.2, 0.25) is 5.95 Å². The van der Waals surface area contributed by atoms with Crippen molar-refractivity contribution in [1.29, 1.82) is 0 Å². The van der Waals surface area contributed by atoms with Crippen molar-refractivity contribution in [3.8, 4) is 0 Å². The molecule has 0 bridgehead atoms. The van der Waals surface area contributed by atoms with E-state index in [1.54, 1.807) is 7.11 Å². The molecule has 4 nitrogen and oxygen atoms in total. The van der Waals surface area contributed by atoms with Crippen LogP contribution in [0.4, 0.5) is 5.95 Å². The first-order chi connectivity index (χ1) is 8.22. The zero-order valence-electron chi connectivity index (χ0n) is 9.82. The van der Waals surface area contributed by atoms with Crippen molar-refractivity contribution in [3.63, 3.8) is 0 Å². The summed E-state index contributed by atoms with van der Waals surface area (Å²) in [5, 5.41) is 0. The number of hydrogen-bond donors (Lipinski definition) is 1. The minimum Gasteiger partial charge on any atom is -0.385 e. The Morgan fingerprint density at radius 1 is 1.41 bits per heavy atom. The van der Waals surface area contributed by atoms with Gasteiger partial charge in [-0.15, -0.1) is 0 Å². The molecule has 0 aliphatic heterocycles. The number of aryl methyl sites for hydroxylation is 1. The van der Waals surface area contributed by atoms with E-state index in [4.69, 9.17) is 10.5 Å². The predicted octanol–water partition coefficient (Wildman–Crippen LogP) is 2.81. The lowest BCUT2D eigenvalue weighted by Crippen LogP contribution is -2.04. The molecule has 17 heavy (non-hydrogen) atoms. The third-order valence-electron chi connectivity index (χ3n) is 2.72. The highest BCUT2D eigenvalue weighted by atomic mass is 79.9. The first kappa shape index (κ1) is 12.4. The highest BCUT2D eigenvalue weighted by Crippen LogP contribution is 2.22. The fraction of sp³-hybridized carbons (Fsp3) is 0.417. The third-order valence-corrected chi connectivity index (χ3v) is 3.21. The van der Waals surface area contributed by atoms with Crippen molar-refractivity contribution in [2.45, 2.75) is 19.4 Å². The molecule has 0 amide bonds. The Morgan fingerprint density at radius 2 is 2.24 bits per heavy atom. The van der Waals surface area contributed by atoms with Crippen molar-refractivity contribution < 1.29 is 4.74 Å². The average molecular weight is 298 g/mol. The quantitative estimate of drug-likeness (QED) is 0.864. The van der Waals surface area contributed by atoms with Crippen LogP contribution in [0.1, 0.15) is 12.8 Å². The fourth-order valence-electron chi connectivity index (χ4n) is 1.87. The second-order valence-corrected chi connectivity index (χ2v) is 4.87. The summed E-state index contributed by atoms with van der Waals surface area (Å²) in [7, 11) is 1.72. The van der Waals surface area contributed by atoms with Gasteiger partial charge in [0.25, 0.3) is 0 Å². The van der Waals surface area contributed by atoms with E-state index in [9.17, 15) is 0 Å². The van der Waals surface area contributed by atoms with E-state index in [-0.39, 0.29) is 0 Å². The molecular weight excluding hydrogens is 282 g/mol. The highest BCUT2D eigenvalue weighted by Gasteiger charge is 2.07. The molecule has 0 aliphatic rings. The summed E-state index contributed by atoms with van der Waals surface area (Å²) in [6.45, 7) is 1.67. The predicted molar refractivity (Wildman–Crippen MR) is 73.0 cm³/mol. The number of nitrogen functional groups attached to an aromatic ring is 1. The van der Waals surface area contributed by atoms with Crippen molar-refractivity contribution in [2.75, 3.05) is 19.5 Å². The molecule has 0 unspecified atom stereocenters. The molecule has 0 saturated carbocycles. The summed E-state index contributed by atoms with van der Waals surface area (Å²) >= 11 is 3.43. The molecule has 1 aromatic carbocycles. The number of unbranched alkanes of at least 4 members (excludes halogenated alkanes) is 1. The van der Waals surface area contributed by atoms with Crippen molar-refractivity contribution >= 4 is 32.9 Å². The van der Waals surface area contributed by atoms with Gasteiger partial charge in [-0.05, 0) is 31.0 Å². The third kappa shape index (κ3) is 2.79. The molecule has 0 saturated heterocycles. The maximum absolute atomic E-state index is 5.92. The van der Waals surface area contributed by atoms with Crippen molar-refractivity contribution in [1.82, 2.24) is 9.55 Å². The van der Waals surface area contributed by atoms with Crippen LogP contribution in [0.5, 0.6) is 0 Å². The Labute approximate surface area is 109 Å². The van der Waals surface area contributed by atoms with E-state index in [0.717, 1.165) is 41.5 Å². The van der Waals surface area contributed by atoms with Gasteiger partial charge < -0.3 is 15.0 Å². The van der Waals surface area contributed by atoms with Gasteiger partial charge in [-0.3, -0.25) is 0 Å². The van der Waals surface area contributed by atoms with Gasteiger partial charge in [-0.25, -0.2) is 4.98 Å². The number of anilines is 1. The maximum atomic E-state index is 5.92. The molecule has 0 spiro atoms. The van der Waals surface area contributed by atoms with Gasteiger partial charge in [0, 0.05) is 24.7 Å². The number of aromatic nitrogens is 2. The number of nitrogens with zero attached hydrogens (tertiary/aromatic N) is 2. The standard InChI is InChI=1S/C12H16BrN3O/c1-17-7-3-2-6-16-11-5-4-9(13)8-10(11)15-12(16)14/h4-5,8H,2-3,6-7H2,1H3,(H2,14,15). The highest BCUT2D eigenvalue weighted by molar-refractivity contribution is 9.10. The Kier molecular flexibility index (Phi) is 4.02. The van der Waals surface area contributed by atoms with E-state index < -0.39 is 0 Å². The number of benzene rings is 1. The molecule has 2 N–H and O–H groups in total. The number of rotatable bonds is 5. The summed E-state index contributed by atoms with van der Waals surface area (Å²) in [6.07, 6.45) is 2.08. The molecule has 0 aliphatic carbocycles. The number of ether oxygens (including phenoxy) is 1. The number of methoxy groups -OCH3 is 1. The van der Waals surface area contributed by atoms with E-state index in [1.807, 2.05) is 18.2 Å². The molecule has 0 fully saturated rings. The van der Waals surface area contributed by atoms with Crippen LogP contribution in [-0.4, -0.2) is 23.3 Å². The van der Waals surface area contributed by atoms with Crippen molar-refractivity contribution in [2.24, 2.45) is 0 Å². The van der Waals surface area contributed by atoms with E-state index in [0.29, 0.717) is 5.95 Å². The van der Waals surface area contributed by atoms with Crippen LogP contribution >= 0.6 is 15.9 Å². The number of nitrogens with two attached hydrogens (primary N) is 1. The van der Waals surface area contributed by atoms with Gasteiger partial charge in [-0.1, -0.05) is 15.9 Å². The molecule has 92 valence electrons. The zero-order chi connectivity index (χ0) is 12.3. The van der Waals surface area contributed by atoms with Crippen molar-refractivity contribution in [3.05, 3.63) is 22.7 Å². The first-order valence-electron chi connectivity index (χ1n) is 5.62. The fourth-order valence-corrected chi connectivity index (χ4v) is 2.22. The van der Waals surface area contributed by atoms with Crippen LogP contribution in [0, 0.1) is 0 Å². The summed E-state index contributed by atoms with van der Waals surface area (Å²) in [5.74, 6) is 0.579. The number of hydrogen-bond acceptors (Lipinski definition) is 3. The van der Waals surface area contributed by atoms with Gasteiger partial charge in [0.05, 0.1) is 11.0 Å². The van der Waals surface area contributed by atoms with Crippen LogP contribution in [0.25, 0.3) is 11.0 Å². The molecule has 2 rings (SSSR count). The lowest BCUT2D eigenvalue weighted by atomic mass is 10.3. The van der Waals surface area contributed by atoms with Gasteiger partial charge >= 0.3 is 0 Å². The van der Waals surface area contributed by atoms with Crippen LogP contribution < -0.4 is 5.73 Å². The number of imidazole rings is 1. The normalized spacial score (nSPS) is 11.2. The second-order valence-electron chi connectivity index (χ2n) is 3.95. The van der Waals surface area contributed by atoms with Gasteiger partial charge in [0.1, 0.15) is 0 Å². The van der Waals surface area contributed by atoms with Crippen LogP contribution in [0.2, 0.25) is 0 Å². The first-order valence-corrected chi connectivity index (χ1v) is 6.42. The Balaban J connectivity index is 2.18. The Bertz CT molecular complexity index is 510. The van der Waals surface area contributed by atoms with Gasteiger partial charge in [0.15, 0.2) is 0 Å². The number of halogens is 1. The minimum atomic E-state index is 0.579. The molecule has 1 heterocycles. The van der Waals surface area contributed by atoms with Crippen LogP contribution in [0.3, 0.4) is 0 Å². The minimum absolute atomic E-state index is 0.579. The summed E-state index contributed by atoms with van der Waals surface area (Å²) in [4.78, 5) is 4.35. The summed E-state index contributed by atoms with van der Waals surface area (Å²) in [5.41, 5.74) is 7.94. The molecule has 0 radical (unpaired) electrons. The molecule has 0 atom stereocenters. The SMILES string of the molecule is COCCCCn1c(N)nc2cc(Br)ccc21. The Hall–Kier alpha value is -1.07. The zero-order valence-corrected chi connectivity index (χ0v) is 11.4. The Morgan fingerprint density at radius 3 is 3.00 bits per heavy atom. The molecular formula is C12H16BrN3O. The lowest BCUT2D eigenvalue weighted by molar-refractivity contribution is 0.191. The number of fused-ring (bicyclic) bond motifs is 1. The van der Waals surface area contributed by atoms with Crippen LogP contribution in [0.15, 0.2) is 22.7 Å². The second kappa shape index (κ2) is 5.51. The molecule has 2 aromatic rings. The molecule has 5 heteroatoms.